The zero-order chi connectivity index (χ0) is 10.1. The van der Waals surface area contributed by atoms with E-state index in [0.29, 0.717) is 0 Å². The van der Waals surface area contributed by atoms with E-state index in [0.717, 1.165) is 22.3 Å². The van der Waals surface area contributed by atoms with E-state index in [1.165, 1.54) is 0 Å². The van der Waals surface area contributed by atoms with Gasteiger partial charge in [0.1, 0.15) is 0 Å². The number of benzene rings is 1. The Bertz CT molecular complexity index is 445. The van der Waals surface area contributed by atoms with Crippen LogP contribution >= 0.6 is 0 Å². The summed E-state index contributed by atoms with van der Waals surface area (Å²) in [4.78, 5) is 0. The van der Waals surface area contributed by atoms with Gasteiger partial charge >= 0.3 is 0 Å². The minimum Gasteiger partial charge on any atom is -0.493 e. The Balaban J connectivity index is 2.67. The van der Waals surface area contributed by atoms with Crippen molar-refractivity contribution in [2.75, 3.05) is 7.11 Å². The van der Waals surface area contributed by atoms with Gasteiger partial charge in [0.2, 0.25) is 0 Å². The average molecular weight is 191 g/mol. The van der Waals surface area contributed by atoms with Gasteiger partial charge in [0, 0.05) is 11.4 Å². The van der Waals surface area contributed by atoms with Crippen molar-refractivity contribution in [1.82, 2.24) is 0 Å². The van der Waals surface area contributed by atoms with E-state index in [2.05, 4.69) is 0 Å². The topological polar surface area (TPSA) is 48.4 Å². The summed E-state index contributed by atoms with van der Waals surface area (Å²) in [7, 11) is 1.63. The highest BCUT2D eigenvalue weighted by Crippen LogP contribution is 2.29. The van der Waals surface area contributed by atoms with Crippen LogP contribution in [0.4, 0.5) is 0 Å². The summed E-state index contributed by atoms with van der Waals surface area (Å²) in [5.41, 5.74) is 7.64. The minimum atomic E-state index is 0.00296. The SMILES string of the molecule is COc1cc(C(C)N)cc2ccoc12. The maximum Gasteiger partial charge on any atom is 0.175 e. The zero-order valence-corrected chi connectivity index (χ0v) is 8.28. The van der Waals surface area contributed by atoms with Crippen LogP contribution in [0.25, 0.3) is 11.0 Å². The lowest BCUT2D eigenvalue weighted by molar-refractivity contribution is 0.409. The average Bonchev–Trinajstić information content (AvgIpc) is 2.63. The second-order valence-corrected chi connectivity index (χ2v) is 3.35. The number of methoxy groups -OCH3 is 1. The van der Waals surface area contributed by atoms with Crippen LogP contribution in [-0.2, 0) is 0 Å². The second kappa shape index (κ2) is 3.35. The standard InChI is InChI=1S/C11H13NO2/c1-7(12)9-5-8-3-4-14-11(8)10(6-9)13-2/h3-7H,12H2,1-2H3. The highest BCUT2D eigenvalue weighted by Gasteiger charge is 2.09. The van der Waals surface area contributed by atoms with Crippen LogP contribution in [0.1, 0.15) is 18.5 Å². The molecule has 2 rings (SSSR count). The molecular weight excluding hydrogens is 178 g/mol. The first-order chi connectivity index (χ1) is 6.72. The van der Waals surface area contributed by atoms with Gasteiger partial charge in [0.05, 0.1) is 13.4 Å². The number of hydrogen-bond acceptors (Lipinski definition) is 3. The lowest BCUT2D eigenvalue weighted by Crippen LogP contribution is -2.04. The van der Waals surface area contributed by atoms with E-state index in [-0.39, 0.29) is 6.04 Å². The monoisotopic (exact) mass is 191 g/mol. The van der Waals surface area contributed by atoms with Gasteiger partial charge < -0.3 is 14.9 Å². The van der Waals surface area contributed by atoms with Crippen LogP contribution < -0.4 is 10.5 Å². The maximum atomic E-state index is 5.81. The van der Waals surface area contributed by atoms with Crippen LogP contribution in [-0.4, -0.2) is 7.11 Å². The predicted octanol–water partition coefficient (Wildman–Crippen LogP) is 2.46. The molecule has 1 heterocycles. The molecule has 1 atom stereocenters. The fourth-order valence-electron chi connectivity index (χ4n) is 1.49. The van der Waals surface area contributed by atoms with Gasteiger partial charge in [-0.25, -0.2) is 0 Å². The van der Waals surface area contributed by atoms with Crippen LogP contribution in [0, 0.1) is 0 Å². The summed E-state index contributed by atoms with van der Waals surface area (Å²) in [6.07, 6.45) is 1.65. The van der Waals surface area contributed by atoms with Crippen LogP contribution in [0.3, 0.4) is 0 Å². The fraction of sp³-hybridized carbons (Fsp3) is 0.273. The Labute approximate surface area is 82.5 Å². The fourth-order valence-corrected chi connectivity index (χ4v) is 1.49. The van der Waals surface area contributed by atoms with E-state index in [4.69, 9.17) is 14.9 Å². The molecule has 0 aliphatic carbocycles. The molecule has 0 aliphatic heterocycles. The molecule has 0 spiro atoms. The van der Waals surface area contributed by atoms with Crippen molar-refractivity contribution in [2.24, 2.45) is 5.73 Å². The van der Waals surface area contributed by atoms with Crippen molar-refractivity contribution in [3.8, 4) is 5.75 Å². The normalized spacial score (nSPS) is 13.1. The van der Waals surface area contributed by atoms with Crippen molar-refractivity contribution in [3.05, 3.63) is 30.0 Å². The molecule has 1 unspecified atom stereocenters. The molecule has 1 aromatic carbocycles. The Morgan fingerprint density at radius 3 is 2.86 bits per heavy atom. The summed E-state index contributed by atoms with van der Waals surface area (Å²) in [6, 6.07) is 5.84. The van der Waals surface area contributed by atoms with Crippen LogP contribution in [0.2, 0.25) is 0 Å². The van der Waals surface area contributed by atoms with E-state index in [1.54, 1.807) is 13.4 Å². The number of rotatable bonds is 2. The third-order valence-corrected chi connectivity index (χ3v) is 2.29. The molecule has 0 amide bonds. The van der Waals surface area contributed by atoms with Gasteiger partial charge in [-0.15, -0.1) is 0 Å². The molecule has 0 aliphatic rings. The second-order valence-electron chi connectivity index (χ2n) is 3.35. The molecule has 3 heteroatoms. The van der Waals surface area contributed by atoms with Gasteiger partial charge in [-0.3, -0.25) is 0 Å². The third-order valence-electron chi connectivity index (χ3n) is 2.29. The largest absolute Gasteiger partial charge is 0.493 e. The number of hydrogen-bond donors (Lipinski definition) is 1. The summed E-state index contributed by atoms with van der Waals surface area (Å²) >= 11 is 0. The summed E-state index contributed by atoms with van der Waals surface area (Å²) in [5, 5.41) is 1.02. The van der Waals surface area contributed by atoms with Gasteiger partial charge in [0.15, 0.2) is 11.3 Å². The van der Waals surface area contributed by atoms with Crippen molar-refractivity contribution in [1.29, 1.82) is 0 Å². The number of nitrogens with two attached hydrogens (primary N) is 1. The van der Waals surface area contributed by atoms with E-state index < -0.39 is 0 Å². The van der Waals surface area contributed by atoms with E-state index >= 15 is 0 Å². The molecule has 0 bridgehead atoms. The minimum absolute atomic E-state index is 0.00296. The van der Waals surface area contributed by atoms with Crippen molar-refractivity contribution >= 4 is 11.0 Å². The first-order valence-electron chi connectivity index (χ1n) is 4.53. The van der Waals surface area contributed by atoms with E-state index in [9.17, 15) is 0 Å². The van der Waals surface area contributed by atoms with Crippen molar-refractivity contribution in [3.63, 3.8) is 0 Å². The Morgan fingerprint density at radius 2 is 2.21 bits per heavy atom. The molecule has 2 N–H and O–H groups in total. The summed E-state index contributed by atoms with van der Waals surface area (Å²) < 4.78 is 10.5. The Kier molecular flexibility index (Phi) is 2.17. The Morgan fingerprint density at radius 1 is 1.43 bits per heavy atom. The van der Waals surface area contributed by atoms with Gasteiger partial charge in [0.25, 0.3) is 0 Å². The van der Waals surface area contributed by atoms with Crippen molar-refractivity contribution in [2.45, 2.75) is 13.0 Å². The molecule has 2 aromatic rings. The number of ether oxygens (including phenoxy) is 1. The predicted molar refractivity (Wildman–Crippen MR) is 55.4 cm³/mol. The molecular formula is C11H13NO2. The molecule has 1 aromatic heterocycles. The molecule has 0 fully saturated rings. The maximum absolute atomic E-state index is 5.81. The highest BCUT2D eigenvalue weighted by molar-refractivity contribution is 5.84. The smallest absolute Gasteiger partial charge is 0.175 e. The van der Waals surface area contributed by atoms with Gasteiger partial charge in [-0.05, 0) is 30.7 Å². The first kappa shape index (κ1) is 9.09. The van der Waals surface area contributed by atoms with Crippen LogP contribution in [0.5, 0.6) is 5.75 Å². The van der Waals surface area contributed by atoms with Crippen LogP contribution in [0.15, 0.2) is 28.9 Å². The highest BCUT2D eigenvalue weighted by atomic mass is 16.5. The molecule has 0 radical (unpaired) electrons. The lowest BCUT2D eigenvalue weighted by Gasteiger charge is -2.08. The quantitative estimate of drug-likeness (QED) is 0.793. The summed E-state index contributed by atoms with van der Waals surface area (Å²) in [6.45, 7) is 1.95. The first-order valence-corrected chi connectivity index (χ1v) is 4.53. The van der Waals surface area contributed by atoms with E-state index in [1.807, 2.05) is 25.1 Å². The summed E-state index contributed by atoms with van der Waals surface area (Å²) in [5.74, 6) is 0.736. The third kappa shape index (κ3) is 1.36. The number of furan rings is 1. The molecule has 3 nitrogen and oxygen atoms in total. The Hall–Kier alpha value is -1.48. The molecule has 0 saturated heterocycles. The molecule has 14 heavy (non-hydrogen) atoms. The van der Waals surface area contributed by atoms with Gasteiger partial charge in [-0.2, -0.15) is 0 Å². The zero-order valence-electron chi connectivity index (χ0n) is 8.28. The number of fused-ring (bicyclic) bond motifs is 1. The lowest BCUT2D eigenvalue weighted by atomic mass is 10.1. The van der Waals surface area contributed by atoms with Crippen molar-refractivity contribution < 1.29 is 9.15 Å². The molecule has 74 valence electrons. The van der Waals surface area contributed by atoms with Gasteiger partial charge in [-0.1, -0.05) is 0 Å². The molecule has 0 saturated carbocycles.